The second-order valence-electron chi connectivity index (χ2n) is 3.50. The largest absolute Gasteiger partial charge is 0.244 e. The van der Waals surface area contributed by atoms with Crippen molar-refractivity contribution in [2.75, 3.05) is 0 Å². The van der Waals surface area contributed by atoms with Crippen LogP contribution < -0.4 is 4.57 Å². The fourth-order valence-corrected chi connectivity index (χ4v) is 0.996. The maximum absolute atomic E-state index is 2.21. The zero-order chi connectivity index (χ0) is 8.43. The molecule has 0 saturated carbocycles. The lowest BCUT2D eigenvalue weighted by atomic mass is 10.4. The van der Waals surface area contributed by atoms with Crippen molar-refractivity contribution in [1.29, 1.82) is 0 Å². The Bertz CT molecular complexity index is 206. The average Bonchev–Trinajstić information content (AvgIpc) is 2.33. The van der Waals surface area contributed by atoms with Gasteiger partial charge in [-0.25, -0.2) is 9.13 Å². The summed E-state index contributed by atoms with van der Waals surface area (Å²) in [6.07, 6.45) is 6.38. The highest BCUT2D eigenvalue weighted by Gasteiger charge is 2.08. The van der Waals surface area contributed by atoms with Crippen molar-refractivity contribution in [3.05, 3.63) is 18.7 Å². The first kappa shape index (κ1) is 11.5. The molecule has 0 saturated heterocycles. The van der Waals surface area contributed by atoms with Crippen molar-refractivity contribution in [3.8, 4) is 0 Å². The Morgan fingerprint density at radius 1 is 1.17 bits per heavy atom. The topological polar surface area (TPSA) is 8.81 Å². The van der Waals surface area contributed by atoms with Crippen molar-refractivity contribution in [3.63, 3.8) is 0 Å². The molecule has 0 spiro atoms. The summed E-state index contributed by atoms with van der Waals surface area (Å²) in [5.74, 6) is 0. The van der Waals surface area contributed by atoms with Crippen LogP contribution in [0.15, 0.2) is 18.7 Å². The van der Waals surface area contributed by atoms with Gasteiger partial charge in [-0.05, 0) is 27.7 Å². The lowest BCUT2D eigenvalue weighted by Crippen LogP contribution is -2.33. The minimum atomic E-state index is 0. The molecule has 1 rings (SSSR count). The monoisotopic (exact) mass is 190 g/mol. The zero-order valence-electron chi connectivity index (χ0n) is 8.23. The van der Waals surface area contributed by atoms with Gasteiger partial charge in [-0.3, -0.25) is 0 Å². The maximum Gasteiger partial charge on any atom is 0.244 e. The number of hydrogen-bond donors (Lipinski definition) is 0. The van der Waals surface area contributed by atoms with Gasteiger partial charge in [0.05, 0.1) is 24.5 Å². The normalized spacial score (nSPS) is 10.5. The number of rotatable bonds is 2. The molecule has 0 radical (unpaired) electrons. The molecule has 1 aromatic heterocycles. The fraction of sp³-hybridized carbons (Fsp3) is 0.667. The molecule has 3 heteroatoms. The van der Waals surface area contributed by atoms with Crippen LogP contribution in [0, 0.1) is 12.4 Å². The highest BCUT2D eigenvalue weighted by atomic mass is 35.5. The highest BCUT2D eigenvalue weighted by molar-refractivity contribution is 4.70. The summed E-state index contributed by atoms with van der Waals surface area (Å²) in [6, 6.07) is 1.13. The van der Waals surface area contributed by atoms with Gasteiger partial charge in [-0.1, -0.05) is 0 Å². The van der Waals surface area contributed by atoms with Gasteiger partial charge in [0, 0.05) is 0 Å². The van der Waals surface area contributed by atoms with Crippen molar-refractivity contribution in [2.45, 2.75) is 39.8 Å². The van der Waals surface area contributed by atoms with Crippen LogP contribution in [-0.2, 0) is 0 Å². The molecular formula is C9H19ClN2+2. The Balaban J connectivity index is 0.00000121. The summed E-state index contributed by atoms with van der Waals surface area (Å²) in [7, 11) is 0. The Kier molecular flexibility index (Phi) is 4.32. The first-order chi connectivity index (χ1) is 5.11. The van der Waals surface area contributed by atoms with E-state index in [0.717, 1.165) is 0 Å². The predicted molar refractivity (Wildman–Crippen MR) is 48.2 cm³/mol. The summed E-state index contributed by atoms with van der Waals surface area (Å²) in [5, 5.41) is 0. The van der Waals surface area contributed by atoms with E-state index in [1.54, 1.807) is 0 Å². The molecule has 0 aliphatic carbocycles. The van der Waals surface area contributed by atoms with Gasteiger partial charge >= 0.3 is 0 Å². The van der Waals surface area contributed by atoms with Crippen molar-refractivity contribution in [1.82, 2.24) is 4.57 Å². The molecule has 0 amide bonds. The Labute approximate surface area is 80.6 Å². The number of imidazole rings is 1. The zero-order valence-corrected chi connectivity index (χ0v) is 9.12. The minimum absolute atomic E-state index is 0. The lowest BCUT2D eigenvalue weighted by molar-refractivity contribution is -0.715. The molecule has 0 unspecified atom stereocenters. The SMILES string of the molecule is CC(C)n1cc[n+](C(C)C)c1.[ClH2+]. The van der Waals surface area contributed by atoms with Gasteiger partial charge in [-0.15, -0.1) is 0 Å². The van der Waals surface area contributed by atoms with Gasteiger partial charge in [-0.2, -0.15) is 0 Å². The fourth-order valence-electron chi connectivity index (χ4n) is 0.996. The second kappa shape index (κ2) is 4.51. The molecule has 0 aliphatic rings. The van der Waals surface area contributed by atoms with Gasteiger partial charge in [0.25, 0.3) is 0 Å². The van der Waals surface area contributed by atoms with Crippen LogP contribution in [0.4, 0.5) is 0 Å². The average molecular weight is 191 g/mol. The standard InChI is InChI=1S/C9H17N2.ClH2/c1-8(2)10-5-6-11(7-10)9(3)4;/h5-9H,1-4H3;1H2/q2*+1. The van der Waals surface area contributed by atoms with E-state index in [1.807, 2.05) is 0 Å². The van der Waals surface area contributed by atoms with Crippen molar-refractivity contribution < 1.29 is 17.0 Å². The van der Waals surface area contributed by atoms with E-state index in [1.165, 1.54) is 0 Å². The molecule has 0 bridgehead atoms. The predicted octanol–water partition coefficient (Wildman–Crippen LogP) is 1.40. The number of aromatic nitrogens is 2. The minimum Gasteiger partial charge on any atom is -0.235 e. The van der Waals surface area contributed by atoms with Crippen LogP contribution >= 0.6 is 0 Å². The van der Waals surface area contributed by atoms with Crippen LogP contribution in [0.5, 0.6) is 0 Å². The van der Waals surface area contributed by atoms with E-state index in [2.05, 4.69) is 55.6 Å². The highest BCUT2D eigenvalue weighted by Crippen LogP contribution is 2.01. The molecular weight excluding hydrogens is 172 g/mol. The van der Waals surface area contributed by atoms with Crippen molar-refractivity contribution >= 4 is 0 Å². The molecule has 0 N–H and O–H groups in total. The van der Waals surface area contributed by atoms with E-state index in [9.17, 15) is 0 Å². The van der Waals surface area contributed by atoms with E-state index >= 15 is 0 Å². The Morgan fingerprint density at radius 2 is 1.75 bits per heavy atom. The molecule has 0 atom stereocenters. The number of nitrogens with zero attached hydrogens (tertiary/aromatic N) is 2. The number of hydrogen-bond acceptors (Lipinski definition) is 0. The van der Waals surface area contributed by atoms with Crippen LogP contribution in [0.2, 0.25) is 0 Å². The van der Waals surface area contributed by atoms with Crippen LogP contribution in [0.3, 0.4) is 0 Å². The third kappa shape index (κ3) is 2.52. The Morgan fingerprint density at radius 3 is 2.00 bits per heavy atom. The summed E-state index contributed by atoms with van der Waals surface area (Å²) in [4.78, 5) is 0. The van der Waals surface area contributed by atoms with Crippen LogP contribution in [-0.4, -0.2) is 4.57 Å². The molecule has 1 heterocycles. The summed E-state index contributed by atoms with van der Waals surface area (Å²) >= 11 is 0. The smallest absolute Gasteiger partial charge is 0.235 e. The molecule has 0 aromatic carbocycles. The third-order valence-corrected chi connectivity index (χ3v) is 1.87. The quantitative estimate of drug-likeness (QED) is 0.624. The van der Waals surface area contributed by atoms with E-state index in [0.29, 0.717) is 12.1 Å². The summed E-state index contributed by atoms with van der Waals surface area (Å²) in [6.45, 7) is 8.74. The first-order valence-corrected chi connectivity index (χ1v) is 4.19. The van der Waals surface area contributed by atoms with E-state index in [4.69, 9.17) is 0 Å². The molecule has 70 valence electrons. The first-order valence-electron chi connectivity index (χ1n) is 4.19. The van der Waals surface area contributed by atoms with Gasteiger partial charge < -0.3 is 0 Å². The van der Waals surface area contributed by atoms with Crippen LogP contribution in [0.1, 0.15) is 39.8 Å². The lowest BCUT2D eigenvalue weighted by Gasteiger charge is -1.99. The summed E-state index contributed by atoms with van der Waals surface area (Å²) < 4.78 is 4.42. The molecule has 12 heavy (non-hydrogen) atoms. The van der Waals surface area contributed by atoms with Gasteiger partial charge in [0.15, 0.2) is 0 Å². The Hall–Kier alpha value is -0.500. The van der Waals surface area contributed by atoms with Crippen molar-refractivity contribution in [2.24, 2.45) is 0 Å². The van der Waals surface area contributed by atoms with Gasteiger partial charge in [0.1, 0.15) is 12.4 Å². The second-order valence-corrected chi connectivity index (χ2v) is 3.50. The molecule has 0 fully saturated rings. The third-order valence-electron chi connectivity index (χ3n) is 1.87. The van der Waals surface area contributed by atoms with E-state index < -0.39 is 0 Å². The molecule has 1 aromatic rings. The molecule has 0 aliphatic heterocycles. The van der Waals surface area contributed by atoms with Crippen LogP contribution in [0.25, 0.3) is 0 Å². The van der Waals surface area contributed by atoms with Gasteiger partial charge in [0.2, 0.25) is 6.33 Å². The maximum atomic E-state index is 2.21. The molecule has 2 nitrogen and oxygen atoms in total. The van der Waals surface area contributed by atoms with E-state index in [-0.39, 0.29) is 12.4 Å². The summed E-state index contributed by atoms with van der Waals surface area (Å²) in [5.41, 5.74) is 0. The number of halogens is 1.